The van der Waals surface area contributed by atoms with Gasteiger partial charge in [0.15, 0.2) is 0 Å². The summed E-state index contributed by atoms with van der Waals surface area (Å²) in [6.45, 7) is 2.27. The summed E-state index contributed by atoms with van der Waals surface area (Å²) in [7, 11) is 0. The summed E-state index contributed by atoms with van der Waals surface area (Å²) in [5.41, 5.74) is 0. The van der Waals surface area contributed by atoms with Gasteiger partial charge in [-0.3, -0.25) is 0 Å². The van der Waals surface area contributed by atoms with Gasteiger partial charge in [0.05, 0.1) is 6.10 Å². The molecule has 0 radical (unpaired) electrons. The molecule has 0 fully saturated rings. The molecule has 0 aliphatic rings. The van der Waals surface area contributed by atoms with Crippen LogP contribution < -0.4 is 0 Å². The van der Waals surface area contributed by atoms with Crippen LogP contribution in [-0.2, 0) is 0 Å². The first-order valence-corrected chi connectivity index (χ1v) is 7.22. The molecule has 102 valence electrons. The third-order valence-corrected chi connectivity index (χ3v) is 2.31. The van der Waals surface area contributed by atoms with Crippen molar-refractivity contribution >= 4 is 37.9 Å². The standard InChI is InChI=1S/C4H10OS.2C3H8OS/c5-3-1-2-4-6;1-3(4)2-5;4-2-1-3-5/h5-6H,1-4H2;3-5H,2H2,1H3;4-5H,1-3H2. The van der Waals surface area contributed by atoms with Gasteiger partial charge < -0.3 is 15.3 Å². The highest BCUT2D eigenvalue weighted by atomic mass is 32.1. The van der Waals surface area contributed by atoms with Crippen molar-refractivity contribution in [2.75, 3.05) is 30.5 Å². The summed E-state index contributed by atoms with van der Waals surface area (Å²) >= 11 is 11.5. The highest BCUT2D eigenvalue weighted by molar-refractivity contribution is 7.80. The van der Waals surface area contributed by atoms with Crippen LogP contribution >= 0.6 is 37.9 Å². The Labute approximate surface area is 116 Å². The number of hydrogen-bond donors (Lipinski definition) is 6. The van der Waals surface area contributed by atoms with Gasteiger partial charge in [0.25, 0.3) is 0 Å². The Balaban J connectivity index is -0.000000160. The molecule has 0 heterocycles. The van der Waals surface area contributed by atoms with Gasteiger partial charge in [-0.2, -0.15) is 37.9 Å². The molecule has 0 bridgehead atoms. The fraction of sp³-hybridized carbons (Fsp3) is 1.00. The number of rotatable bonds is 6. The molecule has 0 saturated heterocycles. The fourth-order valence-electron chi connectivity index (χ4n) is 0.294. The van der Waals surface area contributed by atoms with Crippen LogP contribution in [0, 0.1) is 0 Å². The normalized spacial score (nSPS) is 10.7. The van der Waals surface area contributed by atoms with E-state index in [9.17, 15) is 0 Å². The lowest BCUT2D eigenvalue weighted by atomic mass is 10.4. The Bertz CT molecular complexity index is 89.4. The van der Waals surface area contributed by atoms with Gasteiger partial charge in [-0.1, -0.05) is 0 Å². The molecule has 1 unspecified atom stereocenters. The second-order valence-corrected chi connectivity index (χ2v) is 4.25. The minimum absolute atomic E-state index is 0.252. The maximum absolute atomic E-state index is 8.28. The summed E-state index contributed by atoms with van der Waals surface area (Å²) in [5.74, 6) is 2.23. The first kappa shape index (κ1) is 22.1. The summed E-state index contributed by atoms with van der Waals surface area (Å²) in [4.78, 5) is 0. The summed E-state index contributed by atoms with van der Waals surface area (Å²) < 4.78 is 0. The molecule has 0 spiro atoms. The maximum Gasteiger partial charge on any atom is 0.0599 e. The van der Waals surface area contributed by atoms with E-state index in [1.54, 1.807) is 6.92 Å². The minimum atomic E-state index is -0.252. The quantitative estimate of drug-likeness (QED) is 0.330. The minimum Gasteiger partial charge on any atom is -0.396 e. The molecule has 1 atom stereocenters. The van der Waals surface area contributed by atoms with E-state index in [1.165, 1.54) is 0 Å². The average Bonchev–Trinajstić information content (AvgIpc) is 2.29. The van der Waals surface area contributed by atoms with Gasteiger partial charge >= 0.3 is 0 Å². The van der Waals surface area contributed by atoms with Crippen LogP contribution in [-0.4, -0.2) is 51.9 Å². The Kier molecular flexibility index (Phi) is 34.5. The Morgan fingerprint density at radius 2 is 1.25 bits per heavy atom. The molecule has 0 saturated carbocycles. The zero-order valence-electron chi connectivity index (χ0n) is 9.92. The molecule has 3 nitrogen and oxygen atoms in total. The topological polar surface area (TPSA) is 60.7 Å². The van der Waals surface area contributed by atoms with Gasteiger partial charge in [-0.05, 0) is 37.7 Å². The summed E-state index contributed by atoms with van der Waals surface area (Å²) in [6, 6.07) is 0. The number of aliphatic hydroxyl groups excluding tert-OH is 3. The van der Waals surface area contributed by atoms with Crippen molar-refractivity contribution in [3.05, 3.63) is 0 Å². The fourth-order valence-corrected chi connectivity index (χ4v) is 0.659. The van der Waals surface area contributed by atoms with E-state index in [2.05, 4.69) is 37.9 Å². The SMILES string of the molecule is CC(O)CS.OCCCCS.OCCCS. The Hall–Kier alpha value is 0.930. The van der Waals surface area contributed by atoms with Crippen molar-refractivity contribution in [2.45, 2.75) is 32.3 Å². The molecule has 6 heteroatoms. The Morgan fingerprint density at radius 3 is 1.31 bits per heavy atom. The number of thiol groups is 3. The van der Waals surface area contributed by atoms with E-state index in [0.717, 1.165) is 30.8 Å². The molecule has 0 aromatic heterocycles. The third-order valence-electron chi connectivity index (χ3n) is 1.15. The van der Waals surface area contributed by atoms with E-state index < -0.39 is 0 Å². The van der Waals surface area contributed by atoms with Crippen LogP contribution in [0.25, 0.3) is 0 Å². The molecule has 0 aromatic rings. The van der Waals surface area contributed by atoms with Crippen LogP contribution in [0.5, 0.6) is 0 Å². The highest BCUT2D eigenvalue weighted by Gasteiger charge is 1.82. The number of hydrogen-bond acceptors (Lipinski definition) is 6. The largest absolute Gasteiger partial charge is 0.396 e. The molecule has 0 amide bonds. The second-order valence-electron chi connectivity index (χ2n) is 2.99. The molecular formula is C10H26O3S3. The van der Waals surface area contributed by atoms with Gasteiger partial charge in [-0.15, -0.1) is 0 Å². The van der Waals surface area contributed by atoms with Crippen LogP contribution in [0.15, 0.2) is 0 Å². The molecule has 16 heavy (non-hydrogen) atoms. The Morgan fingerprint density at radius 1 is 0.875 bits per heavy atom. The zero-order chi connectivity index (χ0) is 13.2. The lowest BCUT2D eigenvalue weighted by Crippen LogP contribution is -1.98. The molecule has 0 aromatic carbocycles. The van der Waals surface area contributed by atoms with E-state index in [0.29, 0.717) is 12.4 Å². The predicted octanol–water partition coefficient (Wildman–Crippen LogP) is 1.28. The van der Waals surface area contributed by atoms with Gasteiger partial charge in [-0.25, -0.2) is 0 Å². The van der Waals surface area contributed by atoms with E-state index >= 15 is 0 Å². The van der Waals surface area contributed by atoms with Crippen LogP contribution in [0.3, 0.4) is 0 Å². The molecule has 0 aliphatic heterocycles. The maximum atomic E-state index is 8.28. The molecule has 0 aliphatic carbocycles. The van der Waals surface area contributed by atoms with Crippen molar-refractivity contribution in [2.24, 2.45) is 0 Å². The van der Waals surface area contributed by atoms with Gasteiger partial charge in [0.1, 0.15) is 0 Å². The molecule has 3 N–H and O–H groups in total. The number of aliphatic hydroxyl groups is 3. The van der Waals surface area contributed by atoms with Crippen LogP contribution in [0.1, 0.15) is 26.2 Å². The average molecular weight is 291 g/mol. The molecule has 0 rings (SSSR count). The van der Waals surface area contributed by atoms with E-state index in [-0.39, 0.29) is 12.7 Å². The first-order valence-electron chi connectivity index (χ1n) is 5.32. The summed E-state index contributed by atoms with van der Waals surface area (Å²) in [5, 5.41) is 24.5. The van der Waals surface area contributed by atoms with Crippen molar-refractivity contribution in [3.8, 4) is 0 Å². The molecular weight excluding hydrogens is 264 g/mol. The van der Waals surface area contributed by atoms with E-state index in [4.69, 9.17) is 15.3 Å². The zero-order valence-corrected chi connectivity index (χ0v) is 12.6. The van der Waals surface area contributed by atoms with E-state index in [1.807, 2.05) is 0 Å². The smallest absolute Gasteiger partial charge is 0.0599 e. The first-order chi connectivity index (χ1) is 7.60. The summed E-state index contributed by atoms with van der Waals surface area (Å²) in [6.07, 6.45) is 2.48. The van der Waals surface area contributed by atoms with Crippen molar-refractivity contribution in [1.82, 2.24) is 0 Å². The highest BCUT2D eigenvalue weighted by Crippen LogP contribution is 1.87. The van der Waals surface area contributed by atoms with Crippen molar-refractivity contribution in [1.29, 1.82) is 0 Å². The lowest BCUT2D eigenvalue weighted by molar-refractivity contribution is 0.221. The lowest BCUT2D eigenvalue weighted by Gasteiger charge is -1.89. The van der Waals surface area contributed by atoms with Crippen molar-refractivity contribution < 1.29 is 15.3 Å². The number of unbranched alkanes of at least 4 members (excludes halogenated alkanes) is 1. The third kappa shape index (κ3) is 46.1. The van der Waals surface area contributed by atoms with Crippen LogP contribution in [0.2, 0.25) is 0 Å². The second kappa shape index (κ2) is 24.9. The van der Waals surface area contributed by atoms with Crippen LogP contribution in [0.4, 0.5) is 0 Å². The van der Waals surface area contributed by atoms with Gasteiger partial charge in [0.2, 0.25) is 0 Å². The van der Waals surface area contributed by atoms with Crippen molar-refractivity contribution in [3.63, 3.8) is 0 Å². The monoisotopic (exact) mass is 290 g/mol. The predicted molar refractivity (Wildman–Crippen MR) is 81.3 cm³/mol. The van der Waals surface area contributed by atoms with Gasteiger partial charge in [0, 0.05) is 19.0 Å².